The molecule has 0 aliphatic heterocycles. The third-order valence-electron chi connectivity index (χ3n) is 3.06. The van der Waals surface area contributed by atoms with E-state index in [1.807, 2.05) is 13.0 Å². The highest BCUT2D eigenvalue weighted by Crippen LogP contribution is 2.18. The Balaban J connectivity index is 2.67. The molecule has 0 aromatic carbocycles. The van der Waals surface area contributed by atoms with Crippen LogP contribution in [-0.4, -0.2) is 17.1 Å². The number of rotatable bonds is 5. The second kappa shape index (κ2) is 5.64. The predicted octanol–water partition coefficient (Wildman–Crippen LogP) is 3.08. The molecule has 0 aliphatic rings. The van der Waals surface area contributed by atoms with Gasteiger partial charge in [-0.05, 0) is 47.3 Å². The summed E-state index contributed by atoms with van der Waals surface area (Å²) in [5.74, 6) is 0.917. The van der Waals surface area contributed by atoms with Gasteiger partial charge in [-0.3, -0.25) is 0 Å². The lowest BCUT2D eigenvalue weighted by molar-refractivity contribution is 0.418. The molecule has 3 nitrogen and oxygen atoms in total. The molecule has 0 spiro atoms. The average molecular weight is 286 g/mol. The van der Waals surface area contributed by atoms with Crippen molar-refractivity contribution in [2.75, 3.05) is 11.9 Å². The van der Waals surface area contributed by atoms with Gasteiger partial charge in [0.2, 0.25) is 0 Å². The van der Waals surface area contributed by atoms with Crippen LogP contribution < -0.4 is 11.1 Å². The summed E-state index contributed by atoms with van der Waals surface area (Å²) in [6.45, 7) is 7.03. The fraction of sp³-hybridized carbons (Fsp3) is 0.583. The number of halogens is 1. The highest BCUT2D eigenvalue weighted by atomic mass is 79.9. The van der Waals surface area contributed by atoms with Crippen molar-refractivity contribution in [3.63, 3.8) is 0 Å². The van der Waals surface area contributed by atoms with E-state index in [1.165, 1.54) is 0 Å². The van der Waals surface area contributed by atoms with E-state index >= 15 is 0 Å². The lowest BCUT2D eigenvalue weighted by Crippen LogP contribution is -2.45. The van der Waals surface area contributed by atoms with Crippen LogP contribution in [0, 0.1) is 6.92 Å². The standard InChI is InChI=1S/C12H20BrN3/c1-4-12(14,5-2)8-16-11-9(3)6-10(13)7-15-11/h6-7H,4-5,8,14H2,1-3H3,(H,15,16). The van der Waals surface area contributed by atoms with Gasteiger partial charge < -0.3 is 11.1 Å². The molecule has 90 valence electrons. The van der Waals surface area contributed by atoms with Crippen molar-refractivity contribution in [2.45, 2.75) is 39.2 Å². The topological polar surface area (TPSA) is 50.9 Å². The minimum absolute atomic E-state index is 0.138. The minimum atomic E-state index is -0.138. The fourth-order valence-corrected chi connectivity index (χ4v) is 1.93. The van der Waals surface area contributed by atoms with Crippen molar-refractivity contribution >= 4 is 21.7 Å². The van der Waals surface area contributed by atoms with Crippen LogP contribution in [0.5, 0.6) is 0 Å². The largest absolute Gasteiger partial charge is 0.368 e. The van der Waals surface area contributed by atoms with Crippen molar-refractivity contribution in [3.8, 4) is 0 Å². The van der Waals surface area contributed by atoms with E-state index < -0.39 is 0 Å². The number of hydrogen-bond acceptors (Lipinski definition) is 3. The fourth-order valence-electron chi connectivity index (χ4n) is 1.49. The number of hydrogen-bond donors (Lipinski definition) is 2. The molecule has 1 rings (SSSR count). The smallest absolute Gasteiger partial charge is 0.128 e. The van der Waals surface area contributed by atoms with Gasteiger partial charge in [-0.1, -0.05) is 13.8 Å². The molecule has 1 heterocycles. The van der Waals surface area contributed by atoms with Crippen LogP contribution in [0.2, 0.25) is 0 Å². The van der Waals surface area contributed by atoms with Crippen LogP contribution in [-0.2, 0) is 0 Å². The molecule has 0 aliphatic carbocycles. The molecule has 0 radical (unpaired) electrons. The monoisotopic (exact) mass is 285 g/mol. The highest BCUT2D eigenvalue weighted by Gasteiger charge is 2.20. The van der Waals surface area contributed by atoms with E-state index in [-0.39, 0.29) is 5.54 Å². The molecule has 0 amide bonds. The zero-order chi connectivity index (χ0) is 12.2. The Morgan fingerprint density at radius 3 is 2.56 bits per heavy atom. The van der Waals surface area contributed by atoms with E-state index in [9.17, 15) is 0 Å². The Bertz CT molecular complexity index is 348. The van der Waals surface area contributed by atoms with Crippen molar-refractivity contribution in [2.24, 2.45) is 5.73 Å². The third-order valence-corrected chi connectivity index (χ3v) is 3.49. The lowest BCUT2D eigenvalue weighted by Gasteiger charge is -2.27. The Kier molecular flexibility index (Phi) is 4.74. The van der Waals surface area contributed by atoms with Crippen LogP contribution in [0.1, 0.15) is 32.3 Å². The number of aryl methyl sites for hydroxylation is 1. The van der Waals surface area contributed by atoms with Crippen molar-refractivity contribution < 1.29 is 0 Å². The van der Waals surface area contributed by atoms with Gasteiger partial charge in [0.1, 0.15) is 5.82 Å². The summed E-state index contributed by atoms with van der Waals surface area (Å²) >= 11 is 3.40. The Morgan fingerprint density at radius 1 is 1.44 bits per heavy atom. The summed E-state index contributed by atoms with van der Waals surface area (Å²) in [7, 11) is 0. The first-order valence-corrected chi connectivity index (χ1v) is 6.45. The minimum Gasteiger partial charge on any atom is -0.368 e. The van der Waals surface area contributed by atoms with Gasteiger partial charge in [0.05, 0.1) is 0 Å². The maximum absolute atomic E-state index is 6.22. The van der Waals surface area contributed by atoms with E-state index in [0.29, 0.717) is 0 Å². The second-order valence-corrected chi connectivity index (χ2v) is 5.16. The number of aromatic nitrogens is 1. The summed E-state index contributed by atoms with van der Waals surface area (Å²) in [5.41, 5.74) is 7.22. The summed E-state index contributed by atoms with van der Waals surface area (Å²) in [6, 6.07) is 2.05. The molecule has 0 atom stereocenters. The van der Waals surface area contributed by atoms with Gasteiger partial charge in [-0.2, -0.15) is 0 Å². The van der Waals surface area contributed by atoms with Crippen molar-refractivity contribution in [1.29, 1.82) is 0 Å². The average Bonchev–Trinajstić information content (AvgIpc) is 2.27. The van der Waals surface area contributed by atoms with Crippen LogP contribution in [0.15, 0.2) is 16.7 Å². The normalized spacial score (nSPS) is 11.6. The molecule has 0 bridgehead atoms. The number of pyridine rings is 1. The van der Waals surface area contributed by atoms with E-state index in [4.69, 9.17) is 5.73 Å². The molecular formula is C12H20BrN3. The van der Waals surface area contributed by atoms with E-state index in [2.05, 4.69) is 40.1 Å². The Morgan fingerprint density at radius 2 is 2.06 bits per heavy atom. The maximum Gasteiger partial charge on any atom is 0.128 e. The second-order valence-electron chi connectivity index (χ2n) is 4.24. The molecular weight excluding hydrogens is 266 g/mol. The first kappa shape index (κ1) is 13.5. The molecule has 16 heavy (non-hydrogen) atoms. The highest BCUT2D eigenvalue weighted by molar-refractivity contribution is 9.10. The van der Waals surface area contributed by atoms with Crippen molar-refractivity contribution in [1.82, 2.24) is 4.98 Å². The van der Waals surface area contributed by atoms with Gasteiger partial charge in [0.25, 0.3) is 0 Å². The quantitative estimate of drug-likeness (QED) is 0.874. The molecule has 0 saturated carbocycles. The number of nitrogens with zero attached hydrogens (tertiary/aromatic N) is 1. The Hall–Kier alpha value is -0.610. The summed E-state index contributed by atoms with van der Waals surface area (Å²) in [6.07, 6.45) is 3.73. The maximum atomic E-state index is 6.22. The van der Waals surface area contributed by atoms with Crippen LogP contribution in [0.3, 0.4) is 0 Å². The SMILES string of the molecule is CCC(N)(CC)CNc1ncc(Br)cc1C. The molecule has 1 aromatic rings. The van der Waals surface area contributed by atoms with Gasteiger partial charge in [-0.25, -0.2) is 4.98 Å². The third kappa shape index (κ3) is 3.46. The Labute approximate surface area is 106 Å². The van der Waals surface area contributed by atoms with Gasteiger partial charge in [0.15, 0.2) is 0 Å². The molecule has 1 aromatic heterocycles. The molecule has 0 unspecified atom stereocenters. The molecule has 3 N–H and O–H groups in total. The first-order chi connectivity index (χ1) is 7.50. The molecule has 0 saturated heterocycles. The number of nitrogens with two attached hydrogens (primary N) is 1. The van der Waals surface area contributed by atoms with Crippen LogP contribution >= 0.6 is 15.9 Å². The van der Waals surface area contributed by atoms with Crippen molar-refractivity contribution in [3.05, 3.63) is 22.3 Å². The first-order valence-electron chi connectivity index (χ1n) is 5.65. The summed E-state index contributed by atoms with van der Waals surface area (Å²) < 4.78 is 1.00. The number of anilines is 1. The zero-order valence-electron chi connectivity index (χ0n) is 10.2. The molecule has 4 heteroatoms. The summed E-state index contributed by atoms with van der Waals surface area (Å²) in [5, 5.41) is 3.33. The van der Waals surface area contributed by atoms with Crippen LogP contribution in [0.4, 0.5) is 5.82 Å². The summed E-state index contributed by atoms with van der Waals surface area (Å²) in [4.78, 5) is 4.34. The zero-order valence-corrected chi connectivity index (χ0v) is 11.8. The van der Waals surface area contributed by atoms with Gasteiger partial charge in [-0.15, -0.1) is 0 Å². The lowest BCUT2D eigenvalue weighted by atomic mass is 9.94. The number of nitrogens with one attached hydrogen (secondary N) is 1. The predicted molar refractivity (Wildman–Crippen MR) is 72.7 cm³/mol. The van der Waals surface area contributed by atoms with E-state index in [0.717, 1.165) is 35.2 Å². The van der Waals surface area contributed by atoms with Gasteiger partial charge >= 0.3 is 0 Å². The molecule has 0 fully saturated rings. The van der Waals surface area contributed by atoms with Crippen LogP contribution in [0.25, 0.3) is 0 Å². The van der Waals surface area contributed by atoms with E-state index in [1.54, 1.807) is 6.20 Å². The van der Waals surface area contributed by atoms with Gasteiger partial charge in [0, 0.05) is 22.8 Å².